The molecule has 1 saturated heterocycles. The van der Waals surface area contributed by atoms with Gasteiger partial charge in [-0.05, 0) is 45.7 Å². The first kappa shape index (κ1) is 24.8. The SMILES string of the molecule is Cc1cccc(C)c1NC(=O)C[NH+]1CCN(C(=O)C[NH+](C)CC(=O)NC(C)(C)C)CC1. The first-order valence-electron chi connectivity index (χ1n) is 11.0. The average Bonchev–Trinajstić information content (AvgIpc) is 2.63. The second-order valence-electron chi connectivity index (χ2n) is 9.73. The highest BCUT2D eigenvalue weighted by Crippen LogP contribution is 2.18. The van der Waals surface area contributed by atoms with Gasteiger partial charge in [-0.1, -0.05) is 18.2 Å². The number of carbonyl (C=O) groups is 3. The molecule has 31 heavy (non-hydrogen) atoms. The third-order valence-electron chi connectivity index (χ3n) is 5.41. The van der Waals surface area contributed by atoms with Gasteiger partial charge in [-0.2, -0.15) is 0 Å². The number of rotatable bonds is 7. The molecule has 172 valence electrons. The van der Waals surface area contributed by atoms with Crippen molar-refractivity contribution in [2.45, 2.75) is 40.2 Å². The van der Waals surface area contributed by atoms with Gasteiger partial charge in [0.15, 0.2) is 19.6 Å². The van der Waals surface area contributed by atoms with Gasteiger partial charge in [0.1, 0.15) is 0 Å². The summed E-state index contributed by atoms with van der Waals surface area (Å²) in [6, 6.07) is 5.97. The van der Waals surface area contributed by atoms with Gasteiger partial charge in [-0.25, -0.2) is 0 Å². The maximum absolute atomic E-state index is 12.6. The Bertz CT molecular complexity index is 775. The molecule has 2 rings (SSSR count). The fourth-order valence-corrected chi connectivity index (χ4v) is 3.84. The van der Waals surface area contributed by atoms with Crippen LogP contribution in [-0.4, -0.2) is 81.0 Å². The summed E-state index contributed by atoms with van der Waals surface area (Å²) >= 11 is 0. The van der Waals surface area contributed by atoms with Crippen LogP contribution in [0.5, 0.6) is 0 Å². The summed E-state index contributed by atoms with van der Waals surface area (Å²) in [4.78, 5) is 41.0. The van der Waals surface area contributed by atoms with Gasteiger partial charge in [0.05, 0.1) is 33.2 Å². The monoisotopic (exact) mass is 433 g/mol. The van der Waals surface area contributed by atoms with Crippen molar-refractivity contribution in [2.24, 2.45) is 0 Å². The fourth-order valence-electron chi connectivity index (χ4n) is 3.84. The topological polar surface area (TPSA) is 87.4 Å². The van der Waals surface area contributed by atoms with E-state index in [1.807, 2.05) is 64.8 Å². The smallest absolute Gasteiger partial charge is 0.279 e. The summed E-state index contributed by atoms with van der Waals surface area (Å²) in [5.74, 6) is 0.00303. The van der Waals surface area contributed by atoms with Crippen molar-refractivity contribution in [1.82, 2.24) is 10.2 Å². The molecule has 1 aromatic rings. The zero-order valence-electron chi connectivity index (χ0n) is 19.9. The Morgan fingerprint density at radius 2 is 1.61 bits per heavy atom. The van der Waals surface area contributed by atoms with Crippen molar-refractivity contribution in [3.8, 4) is 0 Å². The van der Waals surface area contributed by atoms with Crippen LogP contribution < -0.4 is 20.4 Å². The lowest BCUT2D eigenvalue weighted by molar-refractivity contribution is -0.896. The number of anilines is 1. The Morgan fingerprint density at radius 1 is 1.03 bits per heavy atom. The number of hydrogen-bond acceptors (Lipinski definition) is 3. The molecule has 8 heteroatoms. The van der Waals surface area contributed by atoms with Crippen LogP contribution in [0.4, 0.5) is 5.69 Å². The highest BCUT2D eigenvalue weighted by atomic mass is 16.2. The first-order valence-corrected chi connectivity index (χ1v) is 11.0. The largest absolute Gasteiger partial charge is 0.347 e. The molecule has 1 fully saturated rings. The number of quaternary nitrogens is 2. The number of para-hydroxylation sites is 1. The van der Waals surface area contributed by atoms with Crippen LogP contribution in [0.1, 0.15) is 31.9 Å². The van der Waals surface area contributed by atoms with Crippen LogP contribution in [0.2, 0.25) is 0 Å². The minimum Gasteiger partial charge on any atom is -0.347 e. The van der Waals surface area contributed by atoms with Gasteiger partial charge >= 0.3 is 0 Å². The van der Waals surface area contributed by atoms with Crippen molar-refractivity contribution < 1.29 is 24.2 Å². The molecule has 0 bridgehead atoms. The molecule has 1 aliphatic heterocycles. The zero-order chi connectivity index (χ0) is 23.2. The number of amides is 3. The van der Waals surface area contributed by atoms with Crippen molar-refractivity contribution in [1.29, 1.82) is 0 Å². The number of nitrogens with zero attached hydrogens (tertiary/aromatic N) is 1. The molecule has 0 saturated carbocycles. The van der Waals surface area contributed by atoms with Crippen molar-refractivity contribution >= 4 is 23.4 Å². The van der Waals surface area contributed by atoms with E-state index >= 15 is 0 Å². The molecule has 1 atom stereocenters. The standard InChI is InChI=1S/C23H37N5O3/c1-17-8-7-9-18(2)22(17)24-19(29)15-27-10-12-28(13-11-27)21(31)16-26(6)14-20(30)25-23(3,4)5/h7-9H,10-16H2,1-6H3,(H,24,29)(H,25,30)/p+2. The van der Waals surface area contributed by atoms with Crippen LogP contribution in [0.15, 0.2) is 18.2 Å². The van der Waals surface area contributed by atoms with Crippen LogP contribution in [-0.2, 0) is 14.4 Å². The third-order valence-corrected chi connectivity index (χ3v) is 5.41. The minimum atomic E-state index is -0.273. The van der Waals surface area contributed by atoms with Crippen molar-refractivity contribution in [3.05, 3.63) is 29.3 Å². The first-order chi connectivity index (χ1) is 14.4. The molecule has 8 nitrogen and oxygen atoms in total. The predicted molar refractivity (Wildman–Crippen MR) is 121 cm³/mol. The molecule has 0 spiro atoms. The molecule has 1 aliphatic rings. The second-order valence-corrected chi connectivity index (χ2v) is 9.73. The highest BCUT2D eigenvalue weighted by Gasteiger charge is 2.27. The summed E-state index contributed by atoms with van der Waals surface area (Å²) in [7, 11) is 1.86. The zero-order valence-corrected chi connectivity index (χ0v) is 19.9. The maximum atomic E-state index is 12.6. The molecule has 4 N–H and O–H groups in total. The number of nitrogens with one attached hydrogen (secondary N) is 4. The molecule has 0 aromatic heterocycles. The van der Waals surface area contributed by atoms with Gasteiger partial charge < -0.3 is 25.3 Å². The highest BCUT2D eigenvalue weighted by molar-refractivity contribution is 5.93. The van der Waals surface area contributed by atoms with E-state index in [2.05, 4.69) is 10.6 Å². The lowest BCUT2D eigenvalue weighted by Gasteiger charge is -2.32. The number of benzene rings is 1. The summed E-state index contributed by atoms with van der Waals surface area (Å²) < 4.78 is 0. The summed E-state index contributed by atoms with van der Waals surface area (Å²) in [5.41, 5.74) is 2.73. The Kier molecular flexibility index (Phi) is 8.59. The number of piperazine rings is 1. The van der Waals surface area contributed by atoms with E-state index in [-0.39, 0.29) is 29.8 Å². The molecular formula is C23H39N5O3+2. The van der Waals surface area contributed by atoms with Gasteiger partial charge in [-0.15, -0.1) is 0 Å². The van der Waals surface area contributed by atoms with E-state index in [1.54, 1.807) is 0 Å². The van der Waals surface area contributed by atoms with E-state index in [0.717, 1.165) is 34.8 Å². The van der Waals surface area contributed by atoms with E-state index in [0.29, 0.717) is 26.2 Å². The van der Waals surface area contributed by atoms with E-state index in [4.69, 9.17) is 0 Å². The van der Waals surface area contributed by atoms with Crippen molar-refractivity contribution in [2.75, 3.05) is 58.2 Å². The minimum absolute atomic E-state index is 0.00113. The molecule has 1 aromatic carbocycles. The van der Waals surface area contributed by atoms with Crippen molar-refractivity contribution in [3.63, 3.8) is 0 Å². The molecular weight excluding hydrogens is 394 g/mol. The molecule has 3 amide bonds. The van der Waals surface area contributed by atoms with E-state index in [1.165, 1.54) is 4.90 Å². The summed E-state index contributed by atoms with van der Waals surface area (Å²) in [5, 5.41) is 5.96. The normalized spacial score (nSPS) is 16.0. The number of hydrogen-bond donors (Lipinski definition) is 4. The number of likely N-dealkylation sites (N-methyl/N-ethyl adjacent to an activating group) is 1. The lowest BCUT2D eigenvalue weighted by Crippen LogP contribution is -3.16. The predicted octanol–water partition coefficient (Wildman–Crippen LogP) is -1.60. The van der Waals surface area contributed by atoms with Gasteiger partial charge in [0.2, 0.25) is 0 Å². The Balaban J connectivity index is 1.74. The lowest BCUT2D eigenvalue weighted by atomic mass is 10.1. The molecule has 0 radical (unpaired) electrons. The van der Waals surface area contributed by atoms with Gasteiger partial charge in [0, 0.05) is 11.2 Å². The summed E-state index contributed by atoms with van der Waals surface area (Å²) in [6.07, 6.45) is 0. The third kappa shape index (κ3) is 8.30. The Hall–Kier alpha value is -2.45. The number of aryl methyl sites for hydroxylation is 2. The van der Waals surface area contributed by atoms with Crippen LogP contribution in [0.3, 0.4) is 0 Å². The van der Waals surface area contributed by atoms with E-state index in [9.17, 15) is 14.4 Å². The van der Waals surface area contributed by atoms with Crippen LogP contribution in [0, 0.1) is 13.8 Å². The summed E-state index contributed by atoms with van der Waals surface area (Å²) in [6.45, 7) is 13.5. The average molecular weight is 434 g/mol. The molecule has 1 heterocycles. The Morgan fingerprint density at radius 3 is 2.16 bits per heavy atom. The quantitative estimate of drug-likeness (QED) is 0.418. The molecule has 1 unspecified atom stereocenters. The van der Waals surface area contributed by atoms with Gasteiger partial charge in [0.25, 0.3) is 17.7 Å². The van der Waals surface area contributed by atoms with Crippen LogP contribution >= 0.6 is 0 Å². The molecule has 0 aliphatic carbocycles. The van der Waals surface area contributed by atoms with Gasteiger partial charge in [-0.3, -0.25) is 14.4 Å². The van der Waals surface area contributed by atoms with E-state index < -0.39 is 0 Å². The second kappa shape index (κ2) is 10.7. The fraction of sp³-hybridized carbons (Fsp3) is 0.609. The maximum Gasteiger partial charge on any atom is 0.279 e. The van der Waals surface area contributed by atoms with Crippen LogP contribution in [0.25, 0.3) is 0 Å². The Labute approximate surface area is 185 Å². The number of carbonyl (C=O) groups excluding carboxylic acids is 3.